The number of methoxy groups -OCH3 is 1. The maximum Gasteiger partial charge on any atom is 0.260 e. The van der Waals surface area contributed by atoms with Gasteiger partial charge in [0.25, 0.3) is 5.56 Å². The van der Waals surface area contributed by atoms with Crippen LogP contribution in [0, 0.1) is 5.92 Å². The maximum atomic E-state index is 12.6. The van der Waals surface area contributed by atoms with Gasteiger partial charge in [0.1, 0.15) is 17.2 Å². The normalized spacial score (nSPS) is 14.6. The third-order valence-electron chi connectivity index (χ3n) is 5.91. The average Bonchev–Trinajstić information content (AvgIpc) is 3.20. The van der Waals surface area contributed by atoms with Crippen LogP contribution in [0.5, 0.6) is 5.88 Å². The van der Waals surface area contributed by atoms with Crippen molar-refractivity contribution >= 4 is 22.7 Å². The molecule has 0 unspecified atom stereocenters. The number of fused-ring (bicyclic) bond motifs is 1. The van der Waals surface area contributed by atoms with E-state index < -0.39 is 0 Å². The Morgan fingerprint density at radius 3 is 2.66 bits per heavy atom. The number of carbonyl (C=O) groups is 2. The van der Waals surface area contributed by atoms with Crippen molar-refractivity contribution in [1.29, 1.82) is 0 Å². The molecular weight excluding hydrogens is 412 g/mol. The molecule has 168 valence electrons. The van der Waals surface area contributed by atoms with Crippen LogP contribution in [0.15, 0.2) is 29.2 Å². The molecule has 4 heterocycles. The van der Waals surface area contributed by atoms with Gasteiger partial charge in [0.15, 0.2) is 5.78 Å². The summed E-state index contributed by atoms with van der Waals surface area (Å²) in [6.45, 7) is 1.09. The van der Waals surface area contributed by atoms with Crippen LogP contribution in [0.4, 0.5) is 0 Å². The molecule has 10 nitrogen and oxygen atoms in total. The minimum Gasteiger partial charge on any atom is -0.480 e. The molecule has 0 spiro atoms. The number of H-pyrrole nitrogens is 1. The van der Waals surface area contributed by atoms with Gasteiger partial charge in [0.2, 0.25) is 11.8 Å². The summed E-state index contributed by atoms with van der Waals surface area (Å²) in [6.07, 6.45) is 4.51. The van der Waals surface area contributed by atoms with Gasteiger partial charge in [-0.25, -0.2) is 4.98 Å². The van der Waals surface area contributed by atoms with Crippen molar-refractivity contribution in [1.82, 2.24) is 29.6 Å². The number of ether oxygens (including phenoxy) is 1. The van der Waals surface area contributed by atoms with Crippen molar-refractivity contribution in [2.24, 2.45) is 13.0 Å². The van der Waals surface area contributed by atoms with Crippen molar-refractivity contribution in [3.63, 3.8) is 0 Å². The van der Waals surface area contributed by atoms with Crippen LogP contribution in [-0.4, -0.2) is 61.5 Å². The highest BCUT2D eigenvalue weighted by molar-refractivity contribution is 5.96. The van der Waals surface area contributed by atoms with Crippen molar-refractivity contribution in [3.8, 4) is 5.88 Å². The van der Waals surface area contributed by atoms with E-state index in [0.29, 0.717) is 73.6 Å². The molecule has 0 radical (unpaired) electrons. The van der Waals surface area contributed by atoms with Crippen LogP contribution in [0.2, 0.25) is 0 Å². The number of aryl methyl sites for hydroxylation is 2. The Hall–Kier alpha value is -3.56. The molecule has 10 heteroatoms. The minimum absolute atomic E-state index is 0.0432. The van der Waals surface area contributed by atoms with Crippen LogP contribution in [-0.2, 0) is 18.3 Å². The summed E-state index contributed by atoms with van der Waals surface area (Å²) in [6, 6.07) is 4.98. The van der Waals surface area contributed by atoms with Gasteiger partial charge in [-0.1, -0.05) is 0 Å². The third-order valence-corrected chi connectivity index (χ3v) is 5.91. The monoisotopic (exact) mass is 438 g/mol. The second-order valence-corrected chi connectivity index (χ2v) is 8.01. The Morgan fingerprint density at radius 1 is 1.19 bits per heavy atom. The van der Waals surface area contributed by atoms with Crippen LogP contribution >= 0.6 is 0 Å². The molecule has 0 bridgehead atoms. The van der Waals surface area contributed by atoms with Gasteiger partial charge in [-0.15, -0.1) is 10.2 Å². The number of nitrogens with zero attached hydrogens (tertiary/aromatic N) is 5. The van der Waals surface area contributed by atoms with E-state index in [1.54, 1.807) is 29.3 Å². The Bertz CT molecular complexity index is 1180. The largest absolute Gasteiger partial charge is 0.480 e. The number of piperidine rings is 1. The summed E-state index contributed by atoms with van der Waals surface area (Å²) in [5, 5.41) is 8.35. The summed E-state index contributed by atoms with van der Waals surface area (Å²) in [4.78, 5) is 46.5. The Balaban J connectivity index is 1.26. The Labute approximate surface area is 184 Å². The number of nitrogens with one attached hydrogen (secondary N) is 1. The molecule has 1 N–H and O–H groups in total. The van der Waals surface area contributed by atoms with Crippen LogP contribution in [0.1, 0.15) is 42.0 Å². The molecule has 32 heavy (non-hydrogen) atoms. The zero-order valence-electron chi connectivity index (χ0n) is 18.2. The van der Waals surface area contributed by atoms with E-state index in [1.165, 1.54) is 7.11 Å². The molecule has 1 aliphatic heterocycles. The van der Waals surface area contributed by atoms with Gasteiger partial charge < -0.3 is 19.2 Å². The van der Waals surface area contributed by atoms with Gasteiger partial charge in [0.05, 0.1) is 12.5 Å². The Morgan fingerprint density at radius 2 is 1.97 bits per heavy atom. The fourth-order valence-corrected chi connectivity index (χ4v) is 4.04. The number of aromatic nitrogens is 5. The molecule has 0 aliphatic carbocycles. The van der Waals surface area contributed by atoms with E-state index in [1.807, 2.05) is 11.6 Å². The summed E-state index contributed by atoms with van der Waals surface area (Å²) in [5.74, 6) is 0.806. The number of carbonyl (C=O) groups excluding carboxylic acids is 2. The predicted molar refractivity (Wildman–Crippen MR) is 116 cm³/mol. The minimum atomic E-state index is -0.162. The molecule has 0 saturated carbocycles. The second-order valence-electron chi connectivity index (χ2n) is 8.01. The van der Waals surface area contributed by atoms with E-state index in [-0.39, 0.29) is 23.2 Å². The zero-order chi connectivity index (χ0) is 22.7. The number of Topliss-reactive ketones (excluding diaryl/α,β-unsaturated/α-hetero) is 1. The van der Waals surface area contributed by atoms with E-state index in [4.69, 9.17) is 4.74 Å². The lowest BCUT2D eigenvalue weighted by Crippen LogP contribution is -2.40. The molecule has 3 aromatic heterocycles. The highest BCUT2D eigenvalue weighted by atomic mass is 16.5. The number of amides is 1. The smallest absolute Gasteiger partial charge is 0.260 e. The Kier molecular flexibility index (Phi) is 6.29. The van der Waals surface area contributed by atoms with Gasteiger partial charge in [0, 0.05) is 51.2 Å². The highest BCUT2D eigenvalue weighted by Crippen LogP contribution is 2.22. The molecule has 0 atom stereocenters. The fourth-order valence-electron chi connectivity index (χ4n) is 4.04. The average molecular weight is 438 g/mol. The SMILES string of the molecule is COc1ccc(C(=O)C2CCN(C(=O)CCCc3nc4c(ccn4C)c(=O)[nH]3)CC2)nn1. The van der Waals surface area contributed by atoms with Crippen LogP contribution in [0.3, 0.4) is 0 Å². The van der Waals surface area contributed by atoms with E-state index in [2.05, 4.69) is 20.2 Å². The van der Waals surface area contributed by atoms with Gasteiger partial charge in [-0.2, -0.15) is 0 Å². The standard InChI is InChI=1S/C22H26N6O4/c1-27-11-10-15-21(27)23-17(24-22(15)31)4-3-5-19(29)28-12-8-14(9-13-28)20(30)16-6-7-18(32-2)26-25-16/h6-7,10-11,14H,3-5,8-9,12-13H2,1-2H3,(H,23,24,31). The van der Waals surface area contributed by atoms with Gasteiger partial charge in [-0.3, -0.25) is 14.4 Å². The number of aromatic amines is 1. The van der Waals surface area contributed by atoms with E-state index >= 15 is 0 Å². The summed E-state index contributed by atoms with van der Waals surface area (Å²) >= 11 is 0. The molecule has 4 rings (SSSR count). The summed E-state index contributed by atoms with van der Waals surface area (Å²) in [5.41, 5.74) is 0.806. The molecule has 1 saturated heterocycles. The maximum absolute atomic E-state index is 12.6. The number of hydrogen-bond acceptors (Lipinski definition) is 7. The number of hydrogen-bond donors (Lipinski definition) is 1. The zero-order valence-corrected chi connectivity index (χ0v) is 18.2. The van der Waals surface area contributed by atoms with Gasteiger partial charge >= 0.3 is 0 Å². The lowest BCUT2D eigenvalue weighted by atomic mass is 9.90. The summed E-state index contributed by atoms with van der Waals surface area (Å²) in [7, 11) is 3.34. The number of ketones is 1. The first kappa shape index (κ1) is 21.7. The lowest BCUT2D eigenvalue weighted by molar-refractivity contribution is -0.132. The van der Waals surface area contributed by atoms with Crippen LogP contribution < -0.4 is 10.3 Å². The third kappa shape index (κ3) is 4.53. The predicted octanol–water partition coefficient (Wildman–Crippen LogP) is 1.50. The molecule has 1 fully saturated rings. The lowest BCUT2D eigenvalue weighted by Gasteiger charge is -2.31. The van der Waals surface area contributed by atoms with E-state index in [9.17, 15) is 14.4 Å². The highest BCUT2D eigenvalue weighted by Gasteiger charge is 2.28. The van der Waals surface area contributed by atoms with Crippen molar-refractivity contribution in [2.45, 2.75) is 32.1 Å². The molecule has 3 aromatic rings. The first-order valence-corrected chi connectivity index (χ1v) is 10.7. The molecule has 1 aliphatic rings. The molecular formula is C22H26N6O4. The summed E-state index contributed by atoms with van der Waals surface area (Å²) < 4.78 is 6.78. The quantitative estimate of drug-likeness (QED) is 0.555. The number of likely N-dealkylation sites (tertiary alicyclic amines) is 1. The molecule has 0 aromatic carbocycles. The van der Waals surface area contributed by atoms with Crippen LogP contribution in [0.25, 0.3) is 11.0 Å². The topological polar surface area (TPSA) is 123 Å². The van der Waals surface area contributed by atoms with Crippen molar-refractivity contribution in [2.75, 3.05) is 20.2 Å². The second kappa shape index (κ2) is 9.29. The van der Waals surface area contributed by atoms with Gasteiger partial charge in [-0.05, 0) is 31.4 Å². The first-order valence-electron chi connectivity index (χ1n) is 10.7. The van der Waals surface area contributed by atoms with E-state index in [0.717, 1.165) is 0 Å². The first-order chi connectivity index (χ1) is 15.5. The van der Waals surface area contributed by atoms with Crippen molar-refractivity contribution in [3.05, 3.63) is 46.3 Å². The van der Waals surface area contributed by atoms with Crippen molar-refractivity contribution < 1.29 is 14.3 Å². The fraction of sp³-hybridized carbons (Fsp3) is 0.455. The molecule has 1 amide bonds. The number of rotatable bonds is 7.